The molecule has 1 amide bonds. The van der Waals surface area contributed by atoms with E-state index in [0.717, 1.165) is 12.8 Å². The second kappa shape index (κ2) is 4.85. The van der Waals surface area contributed by atoms with Gasteiger partial charge in [-0.1, -0.05) is 13.8 Å². The van der Waals surface area contributed by atoms with E-state index in [1.165, 1.54) is 4.90 Å². The number of amides is 1. The van der Waals surface area contributed by atoms with Crippen LogP contribution in [0, 0.1) is 5.92 Å². The topological polar surface area (TPSA) is 57.6 Å². The monoisotopic (exact) mass is 227 g/mol. The van der Waals surface area contributed by atoms with Crippen LogP contribution in [0.3, 0.4) is 0 Å². The molecule has 1 saturated heterocycles. The van der Waals surface area contributed by atoms with Gasteiger partial charge in [-0.05, 0) is 32.1 Å². The minimum atomic E-state index is -1.02. The molecule has 0 aromatic heterocycles. The van der Waals surface area contributed by atoms with Crippen molar-refractivity contribution < 1.29 is 14.7 Å². The number of carbonyl (C=O) groups excluding carboxylic acids is 1. The number of carboxylic acid groups (broad SMARTS) is 1. The highest BCUT2D eigenvalue weighted by atomic mass is 16.4. The van der Waals surface area contributed by atoms with Gasteiger partial charge in [-0.25, -0.2) is 4.79 Å². The lowest BCUT2D eigenvalue weighted by atomic mass is 9.90. The smallest absolute Gasteiger partial charge is 0.329 e. The van der Waals surface area contributed by atoms with Crippen molar-refractivity contribution in [2.45, 2.75) is 52.0 Å². The molecule has 0 aliphatic carbocycles. The molecule has 1 fully saturated rings. The Morgan fingerprint density at radius 3 is 2.56 bits per heavy atom. The average molecular weight is 227 g/mol. The zero-order chi connectivity index (χ0) is 12.3. The molecule has 1 aliphatic heterocycles. The van der Waals surface area contributed by atoms with E-state index < -0.39 is 11.5 Å². The Labute approximate surface area is 96.6 Å². The first-order valence-corrected chi connectivity index (χ1v) is 5.92. The molecular formula is C12H21NO3. The fraction of sp³-hybridized carbons (Fsp3) is 0.833. The standard InChI is InChI=1S/C12H21NO3/c1-9(2)6-7-12(3,11(15)16)13-8-4-5-10(13)14/h9H,4-8H2,1-3H3,(H,15,16). The maximum atomic E-state index is 11.6. The minimum Gasteiger partial charge on any atom is -0.480 e. The van der Waals surface area contributed by atoms with Gasteiger partial charge in [-0.15, -0.1) is 0 Å². The number of rotatable bonds is 5. The zero-order valence-electron chi connectivity index (χ0n) is 10.3. The van der Waals surface area contributed by atoms with Gasteiger partial charge in [-0.2, -0.15) is 0 Å². The third-order valence-corrected chi connectivity index (χ3v) is 3.34. The Bertz CT molecular complexity index is 288. The number of aliphatic carboxylic acids is 1. The van der Waals surface area contributed by atoms with Gasteiger partial charge in [0.2, 0.25) is 5.91 Å². The van der Waals surface area contributed by atoms with Crippen LogP contribution in [0.2, 0.25) is 0 Å². The first-order chi connectivity index (χ1) is 7.38. The molecule has 1 aliphatic rings. The van der Waals surface area contributed by atoms with Crippen LogP contribution < -0.4 is 0 Å². The molecule has 0 saturated carbocycles. The number of hydrogen-bond acceptors (Lipinski definition) is 2. The predicted molar refractivity (Wildman–Crippen MR) is 61.1 cm³/mol. The highest BCUT2D eigenvalue weighted by molar-refractivity contribution is 5.87. The summed E-state index contributed by atoms with van der Waals surface area (Å²) >= 11 is 0. The van der Waals surface area contributed by atoms with Gasteiger partial charge < -0.3 is 10.0 Å². The molecule has 0 radical (unpaired) electrons. The number of nitrogens with zero attached hydrogens (tertiary/aromatic N) is 1. The first kappa shape index (κ1) is 13.0. The van der Waals surface area contributed by atoms with Crippen molar-refractivity contribution in [1.29, 1.82) is 0 Å². The normalized spacial score (nSPS) is 20.2. The molecule has 4 nitrogen and oxygen atoms in total. The van der Waals surface area contributed by atoms with E-state index in [-0.39, 0.29) is 5.91 Å². The summed E-state index contributed by atoms with van der Waals surface area (Å²) in [4.78, 5) is 24.5. The first-order valence-electron chi connectivity index (χ1n) is 5.92. The Balaban J connectivity index is 2.79. The third kappa shape index (κ3) is 2.54. The van der Waals surface area contributed by atoms with Gasteiger partial charge in [0, 0.05) is 13.0 Å². The largest absolute Gasteiger partial charge is 0.480 e. The van der Waals surface area contributed by atoms with E-state index in [0.29, 0.717) is 25.3 Å². The summed E-state index contributed by atoms with van der Waals surface area (Å²) in [5, 5.41) is 9.33. The molecule has 0 aromatic carbocycles. The fourth-order valence-corrected chi connectivity index (χ4v) is 2.10. The summed E-state index contributed by atoms with van der Waals surface area (Å²) in [6.07, 6.45) is 2.63. The Kier molecular flexibility index (Phi) is 3.94. The summed E-state index contributed by atoms with van der Waals surface area (Å²) in [6, 6.07) is 0. The summed E-state index contributed by atoms with van der Waals surface area (Å²) in [5.74, 6) is -0.451. The third-order valence-electron chi connectivity index (χ3n) is 3.34. The highest BCUT2D eigenvalue weighted by Gasteiger charge is 2.43. The van der Waals surface area contributed by atoms with Crippen molar-refractivity contribution in [3.8, 4) is 0 Å². The van der Waals surface area contributed by atoms with E-state index in [4.69, 9.17) is 0 Å². The van der Waals surface area contributed by atoms with Crippen molar-refractivity contribution >= 4 is 11.9 Å². The van der Waals surface area contributed by atoms with Crippen molar-refractivity contribution in [1.82, 2.24) is 4.90 Å². The molecular weight excluding hydrogens is 206 g/mol. The van der Waals surface area contributed by atoms with Crippen LogP contribution in [0.1, 0.15) is 46.5 Å². The number of hydrogen-bond donors (Lipinski definition) is 1. The summed E-state index contributed by atoms with van der Waals surface area (Å²) in [5.41, 5.74) is -1.02. The van der Waals surface area contributed by atoms with E-state index in [2.05, 4.69) is 13.8 Å². The second-order valence-electron chi connectivity index (χ2n) is 5.16. The number of carboxylic acids is 1. The molecule has 92 valence electrons. The highest BCUT2D eigenvalue weighted by Crippen LogP contribution is 2.28. The van der Waals surface area contributed by atoms with Crippen molar-refractivity contribution in [2.24, 2.45) is 5.92 Å². The van der Waals surface area contributed by atoms with Crippen LogP contribution in [-0.2, 0) is 9.59 Å². The van der Waals surface area contributed by atoms with E-state index in [9.17, 15) is 14.7 Å². The average Bonchev–Trinajstić information content (AvgIpc) is 2.61. The van der Waals surface area contributed by atoms with Gasteiger partial charge in [-0.3, -0.25) is 4.79 Å². The molecule has 1 heterocycles. The van der Waals surface area contributed by atoms with E-state index >= 15 is 0 Å². The zero-order valence-corrected chi connectivity index (χ0v) is 10.3. The van der Waals surface area contributed by atoms with Gasteiger partial charge in [0.25, 0.3) is 0 Å². The number of likely N-dealkylation sites (tertiary alicyclic amines) is 1. The molecule has 4 heteroatoms. The molecule has 0 spiro atoms. The van der Waals surface area contributed by atoms with Crippen molar-refractivity contribution in [2.75, 3.05) is 6.54 Å². The lowest BCUT2D eigenvalue weighted by Crippen LogP contribution is -2.53. The maximum absolute atomic E-state index is 11.6. The molecule has 1 atom stereocenters. The van der Waals surface area contributed by atoms with Crippen LogP contribution >= 0.6 is 0 Å². The second-order valence-corrected chi connectivity index (χ2v) is 5.16. The molecule has 0 bridgehead atoms. The van der Waals surface area contributed by atoms with Crippen LogP contribution in [-0.4, -0.2) is 34.0 Å². The lowest BCUT2D eigenvalue weighted by Gasteiger charge is -2.35. The van der Waals surface area contributed by atoms with Crippen LogP contribution in [0.15, 0.2) is 0 Å². The van der Waals surface area contributed by atoms with Gasteiger partial charge in [0.05, 0.1) is 0 Å². The summed E-state index contributed by atoms with van der Waals surface area (Å²) in [7, 11) is 0. The van der Waals surface area contributed by atoms with Crippen LogP contribution in [0.5, 0.6) is 0 Å². The molecule has 16 heavy (non-hydrogen) atoms. The van der Waals surface area contributed by atoms with Crippen molar-refractivity contribution in [3.63, 3.8) is 0 Å². The fourth-order valence-electron chi connectivity index (χ4n) is 2.10. The summed E-state index contributed by atoms with van der Waals surface area (Å²) < 4.78 is 0. The van der Waals surface area contributed by atoms with Gasteiger partial charge in [0.15, 0.2) is 0 Å². The number of carbonyl (C=O) groups is 2. The van der Waals surface area contributed by atoms with E-state index in [1.54, 1.807) is 6.92 Å². The Morgan fingerprint density at radius 2 is 2.19 bits per heavy atom. The van der Waals surface area contributed by atoms with Crippen LogP contribution in [0.25, 0.3) is 0 Å². The van der Waals surface area contributed by atoms with Gasteiger partial charge >= 0.3 is 5.97 Å². The van der Waals surface area contributed by atoms with Crippen LogP contribution in [0.4, 0.5) is 0 Å². The maximum Gasteiger partial charge on any atom is 0.329 e. The Hall–Kier alpha value is -1.06. The lowest BCUT2D eigenvalue weighted by molar-refractivity contribution is -0.156. The summed E-state index contributed by atoms with van der Waals surface area (Å²) in [6.45, 7) is 6.38. The molecule has 1 rings (SSSR count). The Morgan fingerprint density at radius 1 is 1.56 bits per heavy atom. The predicted octanol–water partition coefficient (Wildman–Crippen LogP) is 1.89. The molecule has 1 N–H and O–H groups in total. The van der Waals surface area contributed by atoms with Gasteiger partial charge in [0.1, 0.15) is 5.54 Å². The van der Waals surface area contributed by atoms with E-state index in [1.807, 2.05) is 0 Å². The molecule has 1 unspecified atom stereocenters. The molecule has 0 aromatic rings. The quantitative estimate of drug-likeness (QED) is 0.780. The SMILES string of the molecule is CC(C)CCC(C)(C(=O)O)N1CCCC1=O. The van der Waals surface area contributed by atoms with Crippen molar-refractivity contribution in [3.05, 3.63) is 0 Å². The minimum absolute atomic E-state index is 0.0198.